The smallest absolute Gasteiger partial charge is 0.243 e. The van der Waals surface area contributed by atoms with E-state index in [1.165, 1.54) is 13.2 Å². The molecule has 0 saturated heterocycles. The van der Waals surface area contributed by atoms with Crippen LogP contribution in [-0.4, -0.2) is 32.4 Å². The number of nitrogens with two attached hydrogens (primary N) is 1. The normalized spacial score (nSPS) is 13.9. The van der Waals surface area contributed by atoms with Gasteiger partial charge in [0.2, 0.25) is 10.0 Å². The maximum atomic E-state index is 13.2. The van der Waals surface area contributed by atoms with E-state index in [-0.39, 0.29) is 11.4 Å². The summed E-state index contributed by atoms with van der Waals surface area (Å²) in [4.78, 5) is 0.0698. The molecule has 0 unspecified atom stereocenters. The van der Waals surface area contributed by atoms with Crippen molar-refractivity contribution >= 4 is 15.7 Å². The first kappa shape index (κ1) is 20.2. The van der Waals surface area contributed by atoms with Crippen LogP contribution in [0.2, 0.25) is 0 Å². The van der Waals surface area contributed by atoms with Gasteiger partial charge in [-0.2, -0.15) is 5.10 Å². The topological polar surface area (TPSA) is 108 Å². The first-order chi connectivity index (χ1) is 14.4. The Bertz CT molecular complexity index is 1170. The molecule has 1 aromatic heterocycles. The van der Waals surface area contributed by atoms with Crippen LogP contribution in [0.1, 0.15) is 30.0 Å². The van der Waals surface area contributed by atoms with Crippen LogP contribution in [0.5, 0.6) is 11.5 Å². The number of sulfonamides is 1. The first-order valence-electron chi connectivity index (χ1n) is 9.57. The number of methoxy groups -OCH3 is 2. The van der Waals surface area contributed by atoms with Crippen LogP contribution in [0.3, 0.4) is 0 Å². The number of nitrogen functional groups attached to an aromatic ring is 1. The Morgan fingerprint density at radius 1 is 1.13 bits per heavy atom. The molecule has 1 fully saturated rings. The van der Waals surface area contributed by atoms with Gasteiger partial charge in [-0.15, -0.1) is 0 Å². The third-order valence-electron chi connectivity index (χ3n) is 5.07. The van der Waals surface area contributed by atoms with Crippen molar-refractivity contribution in [3.05, 3.63) is 59.9 Å². The second-order valence-corrected chi connectivity index (χ2v) is 8.92. The molecule has 0 amide bonds. The average molecular weight is 429 g/mol. The van der Waals surface area contributed by atoms with Crippen LogP contribution in [-0.2, 0) is 16.6 Å². The molecule has 9 heteroatoms. The van der Waals surface area contributed by atoms with Crippen molar-refractivity contribution in [2.24, 2.45) is 0 Å². The highest BCUT2D eigenvalue weighted by Gasteiger charge is 2.27. The van der Waals surface area contributed by atoms with Gasteiger partial charge in [0.1, 0.15) is 16.4 Å². The van der Waals surface area contributed by atoms with E-state index in [1.807, 2.05) is 6.07 Å². The molecular formula is C21H24N4O4S. The van der Waals surface area contributed by atoms with E-state index in [1.54, 1.807) is 48.3 Å². The molecule has 1 aliphatic rings. The molecule has 1 aliphatic carbocycles. The van der Waals surface area contributed by atoms with E-state index < -0.39 is 10.0 Å². The SMILES string of the molecule is COc1ccc(CNS(=O)(=O)c2cc(N)ccc2-n2ccc(C3CC3)n2)c(OC)c1. The van der Waals surface area contributed by atoms with Crippen molar-refractivity contribution in [3.8, 4) is 17.2 Å². The maximum Gasteiger partial charge on any atom is 0.243 e. The van der Waals surface area contributed by atoms with Crippen LogP contribution in [0.15, 0.2) is 53.6 Å². The van der Waals surface area contributed by atoms with Crippen LogP contribution in [0.4, 0.5) is 5.69 Å². The Morgan fingerprint density at radius 2 is 1.93 bits per heavy atom. The largest absolute Gasteiger partial charge is 0.497 e. The highest BCUT2D eigenvalue weighted by molar-refractivity contribution is 7.89. The molecule has 30 heavy (non-hydrogen) atoms. The average Bonchev–Trinajstić information content (AvgIpc) is 3.49. The van der Waals surface area contributed by atoms with Gasteiger partial charge in [0, 0.05) is 36.0 Å². The third-order valence-corrected chi connectivity index (χ3v) is 6.50. The summed E-state index contributed by atoms with van der Waals surface area (Å²) >= 11 is 0. The number of hydrogen-bond acceptors (Lipinski definition) is 6. The van der Waals surface area contributed by atoms with Gasteiger partial charge >= 0.3 is 0 Å². The monoisotopic (exact) mass is 428 g/mol. The van der Waals surface area contributed by atoms with E-state index in [2.05, 4.69) is 9.82 Å². The van der Waals surface area contributed by atoms with Crippen molar-refractivity contribution < 1.29 is 17.9 Å². The lowest BCUT2D eigenvalue weighted by Gasteiger charge is -2.14. The summed E-state index contributed by atoms with van der Waals surface area (Å²) < 4.78 is 41.1. The van der Waals surface area contributed by atoms with Crippen LogP contribution in [0.25, 0.3) is 5.69 Å². The Balaban J connectivity index is 1.63. The number of anilines is 1. The van der Waals surface area contributed by atoms with Gasteiger partial charge in [-0.05, 0) is 43.2 Å². The number of rotatable bonds is 8. The van der Waals surface area contributed by atoms with Crippen molar-refractivity contribution in [1.82, 2.24) is 14.5 Å². The lowest BCUT2D eigenvalue weighted by atomic mass is 10.2. The van der Waals surface area contributed by atoms with Crippen molar-refractivity contribution in [3.63, 3.8) is 0 Å². The minimum absolute atomic E-state index is 0.0518. The molecule has 0 atom stereocenters. The second-order valence-electron chi connectivity index (χ2n) is 7.19. The highest BCUT2D eigenvalue weighted by atomic mass is 32.2. The molecule has 2 aromatic carbocycles. The van der Waals surface area contributed by atoms with Gasteiger partial charge in [-0.1, -0.05) is 6.07 Å². The van der Waals surface area contributed by atoms with E-state index >= 15 is 0 Å². The molecule has 0 aliphatic heterocycles. The first-order valence-corrected chi connectivity index (χ1v) is 11.1. The molecular weight excluding hydrogens is 404 g/mol. The number of nitrogens with one attached hydrogen (secondary N) is 1. The van der Waals surface area contributed by atoms with Gasteiger partial charge in [-0.25, -0.2) is 17.8 Å². The molecule has 4 rings (SSSR count). The Hall–Kier alpha value is -3.04. The summed E-state index contributed by atoms with van der Waals surface area (Å²) in [5, 5.41) is 4.56. The van der Waals surface area contributed by atoms with Crippen molar-refractivity contribution in [2.45, 2.75) is 30.2 Å². The third kappa shape index (κ3) is 4.12. The van der Waals surface area contributed by atoms with E-state index in [4.69, 9.17) is 15.2 Å². The lowest BCUT2D eigenvalue weighted by molar-refractivity contribution is 0.390. The van der Waals surface area contributed by atoms with Crippen LogP contribution < -0.4 is 19.9 Å². The quantitative estimate of drug-likeness (QED) is 0.534. The lowest BCUT2D eigenvalue weighted by Crippen LogP contribution is -2.25. The summed E-state index contributed by atoms with van der Waals surface area (Å²) in [5.74, 6) is 1.63. The van der Waals surface area contributed by atoms with E-state index in [0.717, 1.165) is 18.5 Å². The van der Waals surface area contributed by atoms with Crippen molar-refractivity contribution in [1.29, 1.82) is 0 Å². The molecule has 158 valence electrons. The zero-order valence-corrected chi connectivity index (χ0v) is 17.6. The number of nitrogens with zero attached hydrogens (tertiary/aromatic N) is 2. The number of aromatic nitrogens is 2. The predicted molar refractivity (Wildman–Crippen MR) is 114 cm³/mol. The fourth-order valence-corrected chi connectivity index (χ4v) is 4.48. The maximum absolute atomic E-state index is 13.2. The summed E-state index contributed by atoms with van der Waals surface area (Å²) in [6, 6.07) is 11.9. The fraction of sp³-hybridized carbons (Fsp3) is 0.286. The van der Waals surface area contributed by atoms with Crippen LogP contribution >= 0.6 is 0 Å². The summed E-state index contributed by atoms with van der Waals surface area (Å²) in [5.41, 5.74) is 8.36. The van der Waals surface area contributed by atoms with E-state index in [9.17, 15) is 8.42 Å². The number of benzene rings is 2. The molecule has 8 nitrogen and oxygen atoms in total. The van der Waals surface area contributed by atoms with Gasteiger partial charge in [0.05, 0.1) is 25.6 Å². The highest BCUT2D eigenvalue weighted by Crippen LogP contribution is 2.39. The van der Waals surface area contributed by atoms with Crippen LogP contribution in [0, 0.1) is 0 Å². The Morgan fingerprint density at radius 3 is 2.63 bits per heavy atom. The predicted octanol–water partition coefficient (Wildman–Crippen LogP) is 2.83. The molecule has 0 spiro atoms. The Labute approximate surface area is 175 Å². The number of hydrogen-bond donors (Lipinski definition) is 2. The van der Waals surface area contributed by atoms with Crippen molar-refractivity contribution in [2.75, 3.05) is 20.0 Å². The molecule has 3 aromatic rings. The summed E-state index contributed by atoms with van der Waals surface area (Å²) in [7, 11) is -0.790. The molecule has 0 bridgehead atoms. The minimum Gasteiger partial charge on any atom is -0.497 e. The number of ether oxygens (including phenoxy) is 2. The minimum atomic E-state index is -3.87. The zero-order valence-electron chi connectivity index (χ0n) is 16.8. The fourth-order valence-electron chi connectivity index (χ4n) is 3.25. The molecule has 1 heterocycles. The van der Waals surface area contributed by atoms with E-state index in [0.29, 0.717) is 34.4 Å². The van der Waals surface area contributed by atoms with Gasteiger partial charge in [-0.3, -0.25) is 0 Å². The molecule has 3 N–H and O–H groups in total. The van der Waals surface area contributed by atoms with Gasteiger partial charge in [0.15, 0.2) is 0 Å². The molecule has 1 saturated carbocycles. The standard InChI is InChI=1S/C21H24N4O4S/c1-28-17-7-5-15(20(12-17)29-2)13-23-30(26,27)21-11-16(22)6-8-19(21)25-10-9-18(24-25)14-3-4-14/h5-12,14,23H,3-4,13,22H2,1-2H3. The second kappa shape index (κ2) is 8.00. The molecule has 0 radical (unpaired) electrons. The zero-order chi connectivity index (χ0) is 21.3. The Kier molecular flexibility index (Phi) is 5.40. The van der Waals surface area contributed by atoms with Gasteiger partial charge in [0.25, 0.3) is 0 Å². The summed E-state index contributed by atoms with van der Waals surface area (Å²) in [6.45, 7) is 0.0518. The summed E-state index contributed by atoms with van der Waals surface area (Å²) in [6.07, 6.45) is 4.02. The van der Waals surface area contributed by atoms with Gasteiger partial charge < -0.3 is 15.2 Å².